The number of alkyl carbamates (subject to hydrolysis) is 1. The van der Waals surface area contributed by atoms with Gasteiger partial charge in [0.25, 0.3) is 0 Å². The molecule has 2 aromatic carbocycles. The van der Waals surface area contributed by atoms with Crippen LogP contribution in [0, 0.1) is 5.92 Å². The van der Waals surface area contributed by atoms with Gasteiger partial charge in [-0.15, -0.1) is 0 Å². The Morgan fingerprint density at radius 2 is 1.74 bits per heavy atom. The monoisotopic (exact) mass is 466 g/mol. The highest BCUT2D eigenvalue weighted by Gasteiger charge is 2.35. The molecule has 2 aromatic rings. The predicted octanol–water partition coefficient (Wildman–Crippen LogP) is 3.30. The van der Waals surface area contributed by atoms with Gasteiger partial charge in [0.2, 0.25) is 5.91 Å². The van der Waals surface area contributed by atoms with Gasteiger partial charge in [0, 0.05) is 25.0 Å². The molecule has 1 heterocycles. The van der Waals surface area contributed by atoms with Gasteiger partial charge >= 0.3 is 12.1 Å². The molecule has 3 N–H and O–H groups in total. The van der Waals surface area contributed by atoms with Crippen LogP contribution >= 0.6 is 0 Å². The molecule has 0 spiro atoms. The minimum Gasteiger partial charge on any atom is -0.479 e. The first-order valence-corrected chi connectivity index (χ1v) is 11.7. The minimum atomic E-state index is -1.07. The summed E-state index contributed by atoms with van der Waals surface area (Å²) in [4.78, 5) is 35.8. The molecule has 1 aliphatic heterocycles. The molecular weight excluding hydrogens is 436 g/mol. The first-order chi connectivity index (χ1) is 16.5. The van der Waals surface area contributed by atoms with Crippen LogP contribution in [0.15, 0.2) is 48.5 Å². The summed E-state index contributed by atoms with van der Waals surface area (Å²) in [6.07, 6.45) is 0.166. The molecular formula is C26H30N2O6. The van der Waals surface area contributed by atoms with Crippen LogP contribution in [-0.4, -0.2) is 55.0 Å². The van der Waals surface area contributed by atoms with Gasteiger partial charge in [-0.2, -0.15) is 0 Å². The van der Waals surface area contributed by atoms with Crippen LogP contribution in [0.3, 0.4) is 0 Å². The average Bonchev–Trinajstić information content (AvgIpc) is 3.43. The fourth-order valence-electron chi connectivity index (χ4n) is 4.68. The SMILES string of the molecule is CC(CCCNC(=O)OCC1c2ccccc2-c2ccccc21)C(=O)N[C@H]1CCO[C@H]1C(=O)O. The van der Waals surface area contributed by atoms with Crippen molar-refractivity contribution in [3.8, 4) is 11.1 Å². The summed E-state index contributed by atoms with van der Waals surface area (Å²) in [6.45, 7) is 2.75. The van der Waals surface area contributed by atoms with E-state index in [0.29, 0.717) is 32.4 Å². The fraction of sp³-hybridized carbons (Fsp3) is 0.423. The van der Waals surface area contributed by atoms with Gasteiger partial charge in [0.1, 0.15) is 6.61 Å². The van der Waals surface area contributed by atoms with Crippen LogP contribution in [0.25, 0.3) is 11.1 Å². The Hall–Kier alpha value is -3.39. The molecule has 1 fully saturated rings. The number of amides is 2. The summed E-state index contributed by atoms with van der Waals surface area (Å²) in [5.74, 6) is -1.57. The Labute approximate surface area is 198 Å². The number of hydrogen-bond acceptors (Lipinski definition) is 5. The van der Waals surface area contributed by atoms with Crippen LogP contribution in [0.4, 0.5) is 4.79 Å². The number of fused-ring (bicyclic) bond motifs is 3. The van der Waals surface area contributed by atoms with E-state index in [-0.39, 0.29) is 24.3 Å². The number of carbonyl (C=O) groups is 3. The van der Waals surface area contributed by atoms with Gasteiger partial charge in [0.15, 0.2) is 6.10 Å². The number of carboxylic acids is 1. The first kappa shape index (κ1) is 23.8. The lowest BCUT2D eigenvalue weighted by molar-refractivity contribution is -0.148. The number of benzene rings is 2. The highest BCUT2D eigenvalue weighted by Crippen LogP contribution is 2.44. The molecule has 3 atom stereocenters. The zero-order valence-electron chi connectivity index (χ0n) is 19.2. The second kappa shape index (κ2) is 10.7. The van der Waals surface area contributed by atoms with E-state index in [4.69, 9.17) is 14.6 Å². The average molecular weight is 467 g/mol. The molecule has 1 saturated heterocycles. The number of hydrogen-bond donors (Lipinski definition) is 3. The number of nitrogens with one attached hydrogen (secondary N) is 2. The third-order valence-electron chi connectivity index (χ3n) is 6.54. The van der Waals surface area contributed by atoms with Crippen LogP contribution in [0.1, 0.15) is 43.2 Å². The van der Waals surface area contributed by atoms with Gasteiger partial charge < -0.3 is 25.2 Å². The Kier molecular flexibility index (Phi) is 7.47. The zero-order chi connectivity index (χ0) is 24.1. The van der Waals surface area contributed by atoms with E-state index in [1.807, 2.05) is 24.3 Å². The molecule has 2 aliphatic rings. The Morgan fingerprint density at radius 3 is 2.38 bits per heavy atom. The Morgan fingerprint density at radius 1 is 1.09 bits per heavy atom. The quantitative estimate of drug-likeness (QED) is 0.489. The van der Waals surface area contributed by atoms with E-state index < -0.39 is 24.2 Å². The summed E-state index contributed by atoms with van der Waals surface area (Å²) in [5, 5.41) is 14.7. The maximum atomic E-state index is 12.4. The second-order valence-electron chi connectivity index (χ2n) is 8.83. The number of carbonyl (C=O) groups excluding carboxylic acids is 2. The topological polar surface area (TPSA) is 114 Å². The molecule has 180 valence electrons. The third-order valence-corrected chi connectivity index (χ3v) is 6.54. The Balaban J connectivity index is 1.18. The molecule has 1 unspecified atom stereocenters. The molecule has 8 heteroatoms. The number of rotatable bonds is 9. The van der Waals surface area contributed by atoms with E-state index in [0.717, 1.165) is 11.1 Å². The standard InChI is InChI=1S/C26H30N2O6/c1-16(24(29)28-22-12-14-33-23(22)25(30)31)7-6-13-27-26(32)34-15-21-19-10-4-2-8-17(19)18-9-3-5-11-20(18)21/h2-5,8-11,16,21-23H,6-7,12-15H2,1H3,(H,27,32)(H,28,29)(H,30,31)/t16?,22-,23+/m0/s1. The lowest BCUT2D eigenvalue weighted by Gasteiger charge is -2.19. The first-order valence-electron chi connectivity index (χ1n) is 11.7. The predicted molar refractivity (Wildman–Crippen MR) is 125 cm³/mol. The summed E-state index contributed by atoms with van der Waals surface area (Å²) in [5.41, 5.74) is 4.68. The van der Waals surface area contributed by atoms with Crippen molar-refractivity contribution in [1.29, 1.82) is 0 Å². The van der Waals surface area contributed by atoms with Gasteiger partial charge in [-0.3, -0.25) is 4.79 Å². The maximum Gasteiger partial charge on any atom is 0.407 e. The maximum absolute atomic E-state index is 12.4. The van der Waals surface area contributed by atoms with Crippen molar-refractivity contribution in [3.63, 3.8) is 0 Å². The van der Waals surface area contributed by atoms with E-state index >= 15 is 0 Å². The highest BCUT2D eigenvalue weighted by molar-refractivity contribution is 5.81. The number of aliphatic carboxylic acids is 1. The zero-order valence-corrected chi connectivity index (χ0v) is 19.2. The third kappa shape index (κ3) is 5.22. The Bertz CT molecular complexity index is 1010. The summed E-state index contributed by atoms with van der Waals surface area (Å²) in [6, 6.07) is 15.8. The fourth-order valence-corrected chi connectivity index (χ4v) is 4.68. The van der Waals surface area contributed by atoms with Crippen LogP contribution in [-0.2, 0) is 19.1 Å². The lowest BCUT2D eigenvalue weighted by atomic mass is 9.98. The van der Waals surface area contributed by atoms with E-state index in [1.54, 1.807) is 6.92 Å². The van der Waals surface area contributed by atoms with Crippen molar-refractivity contribution in [2.24, 2.45) is 5.92 Å². The lowest BCUT2D eigenvalue weighted by Crippen LogP contribution is -2.45. The van der Waals surface area contributed by atoms with Crippen LogP contribution in [0.2, 0.25) is 0 Å². The van der Waals surface area contributed by atoms with E-state index in [9.17, 15) is 14.4 Å². The van der Waals surface area contributed by atoms with E-state index in [2.05, 4.69) is 34.9 Å². The van der Waals surface area contributed by atoms with Crippen molar-refractivity contribution in [2.75, 3.05) is 19.8 Å². The van der Waals surface area contributed by atoms with Gasteiger partial charge in [-0.1, -0.05) is 55.5 Å². The smallest absolute Gasteiger partial charge is 0.407 e. The largest absolute Gasteiger partial charge is 0.479 e. The second-order valence-corrected chi connectivity index (χ2v) is 8.83. The summed E-state index contributed by atoms with van der Waals surface area (Å²) < 4.78 is 10.7. The normalized spacial score (nSPS) is 19.7. The summed E-state index contributed by atoms with van der Waals surface area (Å²) >= 11 is 0. The van der Waals surface area contributed by atoms with Crippen LogP contribution < -0.4 is 10.6 Å². The van der Waals surface area contributed by atoms with Crippen molar-refractivity contribution >= 4 is 18.0 Å². The van der Waals surface area contributed by atoms with Crippen molar-refractivity contribution < 1.29 is 29.0 Å². The molecule has 0 aromatic heterocycles. The van der Waals surface area contributed by atoms with Gasteiger partial charge in [-0.05, 0) is 41.5 Å². The molecule has 0 bridgehead atoms. The molecule has 34 heavy (non-hydrogen) atoms. The van der Waals surface area contributed by atoms with Gasteiger partial charge in [0.05, 0.1) is 6.04 Å². The number of ether oxygens (including phenoxy) is 2. The van der Waals surface area contributed by atoms with Crippen LogP contribution in [0.5, 0.6) is 0 Å². The summed E-state index contributed by atoms with van der Waals surface area (Å²) in [7, 11) is 0. The highest BCUT2D eigenvalue weighted by atomic mass is 16.5. The molecule has 0 saturated carbocycles. The van der Waals surface area contributed by atoms with Crippen molar-refractivity contribution in [1.82, 2.24) is 10.6 Å². The van der Waals surface area contributed by atoms with Crippen molar-refractivity contribution in [2.45, 2.75) is 44.2 Å². The van der Waals surface area contributed by atoms with E-state index in [1.165, 1.54) is 11.1 Å². The van der Waals surface area contributed by atoms with Gasteiger partial charge in [-0.25, -0.2) is 9.59 Å². The molecule has 0 radical (unpaired) electrons. The molecule has 8 nitrogen and oxygen atoms in total. The number of carboxylic acid groups (broad SMARTS) is 1. The molecule has 4 rings (SSSR count). The minimum absolute atomic E-state index is 0.0102. The molecule has 1 aliphatic carbocycles. The molecule has 2 amide bonds. The van der Waals surface area contributed by atoms with Crippen molar-refractivity contribution in [3.05, 3.63) is 59.7 Å².